The lowest BCUT2D eigenvalue weighted by Gasteiger charge is -2.33. The molecule has 0 spiro atoms. The van der Waals surface area contributed by atoms with Gasteiger partial charge in [-0.15, -0.1) is 5.10 Å². The van der Waals surface area contributed by atoms with Gasteiger partial charge in [0.15, 0.2) is 5.82 Å². The molecule has 4 aromatic rings. The van der Waals surface area contributed by atoms with Crippen LogP contribution >= 0.6 is 0 Å². The highest BCUT2D eigenvalue weighted by Crippen LogP contribution is 2.29. The van der Waals surface area contributed by atoms with Crippen molar-refractivity contribution >= 4 is 10.9 Å². The van der Waals surface area contributed by atoms with Crippen LogP contribution in [0.25, 0.3) is 10.9 Å². The number of tetrazole rings is 1. The molecule has 1 aliphatic rings. The number of aromatic amines is 1. The van der Waals surface area contributed by atoms with Crippen LogP contribution in [0.3, 0.4) is 0 Å². The Morgan fingerprint density at radius 1 is 1.03 bits per heavy atom. The van der Waals surface area contributed by atoms with Crippen molar-refractivity contribution in [2.45, 2.75) is 38.8 Å². The third kappa shape index (κ3) is 4.01. The zero-order valence-corrected chi connectivity index (χ0v) is 17.7. The molecule has 7 nitrogen and oxygen atoms in total. The normalized spacial score (nSPS) is 15.9. The van der Waals surface area contributed by atoms with Crippen LogP contribution in [0.1, 0.15) is 47.8 Å². The van der Waals surface area contributed by atoms with Crippen LogP contribution in [-0.2, 0) is 6.54 Å². The van der Waals surface area contributed by atoms with Crippen LogP contribution in [0, 0.1) is 6.92 Å². The molecule has 2 aromatic carbocycles. The molecule has 1 saturated heterocycles. The summed E-state index contributed by atoms with van der Waals surface area (Å²) in [5, 5.41) is 13.7. The monoisotopic (exact) mass is 414 g/mol. The van der Waals surface area contributed by atoms with Gasteiger partial charge in [-0.1, -0.05) is 48.4 Å². The number of H-pyrrole nitrogens is 1. The van der Waals surface area contributed by atoms with E-state index in [1.807, 2.05) is 41.1 Å². The van der Waals surface area contributed by atoms with Crippen LogP contribution in [0.15, 0.2) is 59.4 Å². The van der Waals surface area contributed by atoms with Crippen molar-refractivity contribution in [3.05, 3.63) is 87.5 Å². The van der Waals surface area contributed by atoms with E-state index in [0.29, 0.717) is 17.9 Å². The first-order chi connectivity index (χ1) is 15.2. The summed E-state index contributed by atoms with van der Waals surface area (Å²) < 4.78 is 1.83. The molecule has 1 aliphatic heterocycles. The number of rotatable bonds is 5. The number of fused-ring (bicyclic) bond motifs is 1. The summed E-state index contributed by atoms with van der Waals surface area (Å²) in [6, 6.07) is 18.0. The summed E-state index contributed by atoms with van der Waals surface area (Å²) in [7, 11) is 0. The summed E-state index contributed by atoms with van der Waals surface area (Å²) in [6.45, 7) is 4.48. The van der Waals surface area contributed by atoms with Crippen molar-refractivity contribution in [2.75, 3.05) is 13.1 Å². The maximum atomic E-state index is 13.2. The second-order valence-electron chi connectivity index (χ2n) is 8.32. The largest absolute Gasteiger partial charge is 0.322 e. The van der Waals surface area contributed by atoms with E-state index < -0.39 is 0 Å². The first-order valence-corrected chi connectivity index (χ1v) is 10.9. The van der Waals surface area contributed by atoms with E-state index in [4.69, 9.17) is 0 Å². The molecular formula is C24H26N6O. The van der Waals surface area contributed by atoms with E-state index in [-0.39, 0.29) is 11.6 Å². The first kappa shape index (κ1) is 19.6. The third-order valence-corrected chi connectivity index (χ3v) is 6.06. The van der Waals surface area contributed by atoms with Crippen LogP contribution in [0.2, 0.25) is 0 Å². The van der Waals surface area contributed by atoms with Crippen molar-refractivity contribution in [2.24, 2.45) is 0 Å². The summed E-state index contributed by atoms with van der Waals surface area (Å²) in [5.74, 6) is 0.711. The summed E-state index contributed by atoms with van der Waals surface area (Å²) in [6.07, 6.45) is 3.44. The Hall–Kier alpha value is -3.32. The minimum absolute atomic E-state index is 0.0822. The van der Waals surface area contributed by atoms with Crippen LogP contribution < -0.4 is 5.56 Å². The van der Waals surface area contributed by atoms with Crippen molar-refractivity contribution in [1.82, 2.24) is 30.1 Å². The molecule has 5 rings (SSSR count). The van der Waals surface area contributed by atoms with E-state index in [1.165, 1.54) is 6.42 Å². The molecule has 1 N–H and O–H groups in total. The van der Waals surface area contributed by atoms with Gasteiger partial charge in [0.25, 0.3) is 5.56 Å². The highest BCUT2D eigenvalue weighted by Gasteiger charge is 2.31. The lowest BCUT2D eigenvalue weighted by molar-refractivity contribution is 0.177. The fraction of sp³-hybridized carbons (Fsp3) is 0.333. The average Bonchev–Trinajstić information content (AvgIpc) is 3.24. The SMILES string of the molecule is Cc1ccc2[nH]c(=O)c([C@@H](c3nnnn3Cc3ccccc3)N3CCCCC3)cc2c1. The Morgan fingerprint density at radius 3 is 2.65 bits per heavy atom. The Morgan fingerprint density at radius 2 is 1.84 bits per heavy atom. The quantitative estimate of drug-likeness (QED) is 0.541. The van der Waals surface area contributed by atoms with Crippen LogP contribution in [-0.4, -0.2) is 43.2 Å². The predicted molar refractivity (Wildman–Crippen MR) is 120 cm³/mol. The molecule has 1 atom stereocenters. The number of piperidine rings is 1. The molecule has 2 aromatic heterocycles. The molecule has 0 aliphatic carbocycles. The molecule has 1 fully saturated rings. The first-order valence-electron chi connectivity index (χ1n) is 10.9. The topological polar surface area (TPSA) is 79.7 Å². The number of aryl methyl sites for hydroxylation is 1. The summed E-state index contributed by atoms with van der Waals surface area (Å²) in [4.78, 5) is 18.6. The minimum atomic E-state index is -0.285. The highest BCUT2D eigenvalue weighted by atomic mass is 16.1. The zero-order chi connectivity index (χ0) is 21.2. The van der Waals surface area contributed by atoms with E-state index in [0.717, 1.165) is 48.0 Å². The number of pyridine rings is 1. The zero-order valence-electron chi connectivity index (χ0n) is 17.7. The molecule has 0 bridgehead atoms. The number of hydrogen-bond acceptors (Lipinski definition) is 5. The van der Waals surface area contributed by atoms with Gasteiger partial charge in [0.2, 0.25) is 0 Å². The van der Waals surface area contributed by atoms with Crippen molar-refractivity contribution in [1.29, 1.82) is 0 Å². The van der Waals surface area contributed by atoms with Crippen molar-refractivity contribution in [3.63, 3.8) is 0 Å². The predicted octanol–water partition coefficient (Wildman–Crippen LogP) is 3.45. The summed E-state index contributed by atoms with van der Waals surface area (Å²) >= 11 is 0. The van der Waals surface area contributed by atoms with Gasteiger partial charge < -0.3 is 4.98 Å². The van der Waals surface area contributed by atoms with Crippen molar-refractivity contribution in [3.8, 4) is 0 Å². The van der Waals surface area contributed by atoms with Gasteiger partial charge in [-0.25, -0.2) is 4.68 Å². The van der Waals surface area contributed by atoms with Crippen LogP contribution in [0.5, 0.6) is 0 Å². The molecular weight excluding hydrogens is 388 g/mol. The van der Waals surface area contributed by atoms with E-state index >= 15 is 0 Å². The Labute approximate surface area is 180 Å². The standard InChI is InChI=1S/C24H26N6O/c1-17-10-11-21-19(14-17)15-20(24(31)25-21)22(29-12-6-3-7-13-29)23-26-27-28-30(23)16-18-8-4-2-5-9-18/h2,4-5,8-11,14-15,22H,3,6-7,12-13,16H2,1H3,(H,25,31)/t22-/m0/s1. The molecule has 0 radical (unpaired) electrons. The minimum Gasteiger partial charge on any atom is -0.322 e. The van der Waals surface area contributed by atoms with Gasteiger partial charge >= 0.3 is 0 Å². The van der Waals surface area contributed by atoms with E-state index in [2.05, 4.69) is 50.5 Å². The smallest absolute Gasteiger partial charge is 0.253 e. The molecule has 3 heterocycles. The third-order valence-electron chi connectivity index (χ3n) is 6.06. The van der Waals surface area contributed by atoms with E-state index in [1.54, 1.807) is 0 Å². The van der Waals surface area contributed by atoms with Gasteiger partial charge in [0, 0.05) is 11.1 Å². The molecule has 158 valence electrons. The number of benzene rings is 2. The number of nitrogens with zero attached hydrogens (tertiary/aromatic N) is 5. The lowest BCUT2D eigenvalue weighted by Crippen LogP contribution is -2.38. The van der Waals surface area contributed by atoms with Gasteiger partial charge in [-0.3, -0.25) is 9.69 Å². The number of likely N-dealkylation sites (tertiary alicyclic amines) is 1. The molecule has 0 amide bonds. The van der Waals surface area contributed by atoms with Gasteiger partial charge in [-0.05, 0) is 72.4 Å². The molecule has 31 heavy (non-hydrogen) atoms. The Kier molecular flexibility index (Phi) is 5.34. The van der Waals surface area contributed by atoms with Gasteiger partial charge in [0.1, 0.15) is 6.04 Å². The summed E-state index contributed by atoms with van der Waals surface area (Å²) in [5.41, 5.74) is 3.75. The lowest BCUT2D eigenvalue weighted by atomic mass is 10.00. The van der Waals surface area contributed by atoms with E-state index in [9.17, 15) is 4.79 Å². The molecule has 0 saturated carbocycles. The number of nitrogens with one attached hydrogen (secondary N) is 1. The van der Waals surface area contributed by atoms with Crippen LogP contribution in [0.4, 0.5) is 0 Å². The molecule has 7 heteroatoms. The number of aromatic nitrogens is 5. The van der Waals surface area contributed by atoms with Crippen molar-refractivity contribution < 1.29 is 0 Å². The second-order valence-corrected chi connectivity index (χ2v) is 8.32. The Bertz CT molecular complexity index is 1240. The highest BCUT2D eigenvalue weighted by molar-refractivity contribution is 5.79. The number of hydrogen-bond donors (Lipinski definition) is 1. The maximum absolute atomic E-state index is 13.2. The fourth-order valence-corrected chi connectivity index (χ4v) is 4.50. The maximum Gasteiger partial charge on any atom is 0.253 e. The second kappa shape index (κ2) is 8.43. The van der Waals surface area contributed by atoms with Gasteiger partial charge in [0.05, 0.1) is 6.54 Å². The fourth-order valence-electron chi connectivity index (χ4n) is 4.50. The average molecular weight is 415 g/mol. The molecule has 0 unspecified atom stereocenters. The van der Waals surface area contributed by atoms with Gasteiger partial charge in [-0.2, -0.15) is 0 Å². The Balaban J connectivity index is 1.63.